The Morgan fingerprint density at radius 3 is 2.04 bits per heavy atom. The minimum atomic E-state index is -4.35. The molecule has 0 amide bonds. The lowest BCUT2D eigenvalue weighted by Gasteiger charge is -2.08. The van der Waals surface area contributed by atoms with Gasteiger partial charge in [0.15, 0.2) is 0 Å². The fourth-order valence-corrected chi connectivity index (χ4v) is 2.57. The second-order valence-electron chi connectivity index (χ2n) is 5.38. The monoisotopic (exact) mass is 332 g/mol. The molecule has 0 fully saturated rings. The molecule has 0 aliphatic heterocycles. The van der Waals surface area contributed by atoms with Gasteiger partial charge in [-0.1, -0.05) is 24.3 Å². The van der Waals surface area contributed by atoms with Crippen LogP contribution in [-0.4, -0.2) is 17.3 Å². The number of alkyl halides is 3. The van der Waals surface area contributed by atoms with Crippen molar-refractivity contribution in [2.75, 3.05) is 7.11 Å². The zero-order valence-corrected chi connectivity index (χ0v) is 13.1. The summed E-state index contributed by atoms with van der Waals surface area (Å²) in [7, 11) is 1.59. The van der Waals surface area contributed by atoms with Crippen LogP contribution in [0.4, 0.5) is 13.2 Å². The van der Waals surface area contributed by atoms with E-state index in [0.717, 1.165) is 34.7 Å². The van der Waals surface area contributed by atoms with Crippen molar-refractivity contribution in [3.8, 4) is 28.1 Å². The van der Waals surface area contributed by atoms with Crippen LogP contribution in [0.25, 0.3) is 22.4 Å². The predicted octanol–water partition coefficient (Wildman–Crippen LogP) is 5.08. The molecule has 2 aromatic carbocycles. The predicted molar refractivity (Wildman–Crippen MR) is 85.8 cm³/mol. The molecule has 0 bridgehead atoms. The van der Waals surface area contributed by atoms with Crippen LogP contribution >= 0.6 is 0 Å². The van der Waals surface area contributed by atoms with E-state index in [4.69, 9.17) is 4.74 Å². The molecule has 0 aliphatic rings. The first-order valence-electron chi connectivity index (χ1n) is 7.27. The minimum absolute atomic E-state index is 0.617. The maximum Gasteiger partial charge on any atom is 0.416 e. The van der Waals surface area contributed by atoms with Gasteiger partial charge in [-0.3, -0.25) is 5.10 Å². The van der Waals surface area contributed by atoms with Crippen LogP contribution in [0.1, 0.15) is 11.3 Å². The van der Waals surface area contributed by atoms with E-state index < -0.39 is 11.7 Å². The van der Waals surface area contributed by atoms with Crippen molar-refractivity contribution in [2.45, 2.75) is 13.1 Å². The van der Waals surface area contributed by atoms with Gasteiger partial charge in [-0.2, -0.15) is 18.3 Å². The summed E-state index contributed by atoms with van der Waals surface area (Å²) in [5, 5.41) is 7.16. The third-order valence-electron chi connectivity index (χ3n) is 3.81. The normalized spacial score (nSPS) is 11.5. The van der Waals surface area contributed by atoms with Crippen LogP contribution in [0.3, 0.4) is 0 Å². The highest BCUT2D eigenvalue weighted by atomic mass is 19.4. The average Bonchev–Trinajstić information content (AvgIpc) is 2.96. The molecule has 124 valence electrons. The zero-order valence-electron chi connectivity index (χ0n) is 13.1. The van der Waals surface area contributed by atoms with Gasteiger partial charge in [-0.25, -0.2) is 0 Å². The second-order valence-corrected chi connectivity index (χ2v) is 5.38. The molecule has 0 aliphatic carbocycles. The van der Waals surface area contributed by atoms with Crippen LogP contribution in [0.5, 0.6) is 5.75 Å². The Hall–Kier alpha value is -2.76. The van der Waals surface area contributed by atoms with Gasteiger partial charge in [0.25, 0.3) is 0 Å². The van der Waals surface area contributed by atoms with Gasteiger partial charge < -0.3 is 4.74 Å². The Morgan fingerprint density at radius 1 is 0.917 bits per heavy atom. The molecule has 0 spiro atoms. The molecule has 3 aromatic rings. The molecule has 3 nitrogen and oxygen atoms in total. The second kappa shape index (κ2) is 6.03. The SMILES string of the molecule is COc1ccc(-c2c(-c3ccc(C(F)(F)F)cc3)n[nH]c2C)cc1. The molecule has 1 N–H and O–H groups in total. The van der Waals surface area contributed by atoms with Crippen LogP contribution in [0, 0.1) is 6.92 Å². The molecule has 0 atom stereocenters. The molecule has 24 heavy (non-hydrogen) atoms. The molecule has 1 aromatic heterocycles. The van der Waals surface area contributed by atoms with E-state index in [9.17, 15) is 13.2 Å². The number of nitrogens with one attached hydrogen (secondary N) is 1. The lowest BCUT2D eigenvalue weighted by Crippen LogP contribution is -2.04. The molecular weight excluding hydrogens is 317 g/mol. The van der Waals surface area contributed by atoms with Crippen LogP contribution in [0.15, 0.2) is 48.5 Å². The number of H-pyrrole nitrogens is 1. The Morgan fingerprint density at radius 2 is 1.50 bits per heavy atom. The largest absolute Gasteiger partial charge is 0.497 e. The highest BCUT2D eigenvalue weighted by Gasteiger charge is 2.30. The molecular formula is C18H15F3N2O. The number of methoxy groups -OCH3 is 1. The third kappa shape index (κ3) is 2.99. The number of rotatable bonds is 3. The number of benzene rings is 2. The minimum Gasteiger partial charge on any atom is -0.497 e. The van der Waals surface area contributed by atoms with Crippen molar-refractivity contribution in [1.29, 1.82) is 0 Å². The quantitative estimate of drug-likeness (QED) is 0.726. The number of aromatic nitrogens is 2. The summed E-state index contributed by atoms with van der Waals surface area (Å²) in [6.45, 7) is 1.88. The fourth-order valence-electron chi connectivity index (χ4n) is 2.57. The lowest BCUT2D eigenvalue weighted by atomic mass is 9.98. The van der Waals surface area contributed by atoms with Crippen molar-refractivity contribution in [1.82, 2.24) is 10.2 Å². The Labute approximate surface area is 137 Å². The van der Waals surface area contributed by atoms with Crippen molar-refractivity contribution >= 4 is 0 Å². The number of ether oxygens (including phenoxy) is 1. The molecule has 0 saturated carbocycles. The fraction of sp³-hybridized carbons (Fsp3) is 0.167. The van der Waals surface area contributed by atoms with E-state index in [0.29, 0.717) is 11.3 Å². The highest BCUT2D eigenvalue weighted by molar-refractivity contribution is 5.82. The van der Waals surface area contributed by atoms with Gasteiger partial charge in [0.2, 0.25) is 0 Å². The van der Waals surface area contributed by atoms with Crippen molar-refractivity contribution in [3.63, 3.8) is 0 Å². The number of aromatic amines is 1. The topological polar surface area (TPSA) is 37.9 Å². The first kappa shape index (κ1) is 16.1. The maximum atomic E-state index is 12.7. The first-order chi connectivity index (χ1) is 11.4. The van der Waals surface area contributed by atoms with Crippen molar-refractivity contribution in [2.24, 2.45) is 0 Å². The van der Waals surface area contributed by atoms with Crippen molar-refractivity contribution in [3.05, 3.63) is 59.8 Å². The third-order valence-corrected chi connectivity index (χ3v) is 3.81. The molecule has 1 heterocycles. The van der Waals surface area contributed by atoms with Gasteiger partial charge in [0, 0.05) is 16.8 Å². The number of nitrogens with zero attached hydrogens (tertiary/aromatic N) is 1. The van der Waals surface area contributed by atoms with E-state index in [1.54, 1.807) is 7.11 Å². The average molecular weight is 332 g/mol. The van der Waals surface area contributed by atoms with Gasteiger partial charge in [0.05, 0.1) is 12.7 Å². The van der Waals surface area contributed by atoms with E-state index in [1.807, 2.05) is 31.2 Å². The standard InChI is InChI=1S/C18H15F3N2O/c1-11-16(12-5-9-15(24-2)10-6-12)17(23-22-11)13-3-7-14(8-4-13)18(19,20)21/h3-10H,1-2H3,(H,22,23). The molecule has 0 radical (unpaired) electrons. The van der Waals surface area contributed by atoms with Crippen LogP contribution in [-0.2, 0) is 6.18 Å². The number of hydrogen-bond donors (Lipinski definition) is 1. The molecule has 0 saturated heterocycles. The maximum absolute atomic E-state index is 12.7. The van der Waals surface area contributed by atoms with E-state index in [-0.39, 0.29) is 0 Å². The molecule has 0 unspecified atom stereocenters. The number of halogens is 3. The Balaban J connectivity index is 2.03. The van der Waals surface area contributed by atoms with E-state index in [1.165, 1.54) is 12.1 Å². The summed E-state index contributed by atoms with van der Waals surface area (Å²) in [6.07, 6.45) is -4.35. The van der Waals surface area contributed by atoms with Crippen LogP contribution < -0.4 is 4.74 Å². The highest BCUT2D eigenvalue weighted by Crippen LogP contribution is 2.35. The lowest BCUT2D eigenvalue weighted by molar-refractivity contribution is -0.137. The Kier molecular flexibility index (Phi) is 4.05. The summed E-state index contributed by atoms with van der Waals surface area (Å²) in [6, 6.07) is 12.5. The summed E-state index contributed by atoms with van der Waals surface area (Å²) in [5.41, 5.74) is 3.18. The summed E-state index contributed by atoms with van der Waals surface area (Å²) in [4.78, 5) is 0. The summed E-state index contributed by atoms with van der Waals surface area (Å²) in [5.74, 6) is 0.732. The molecule has 3 rings (SSSR count). The van der Waals surface area contributed by atoms with Gasteiger partial charge in [0.1, 0.15) is 11.4 Å². The van der Waals surface area contributed by atoms with Crippen molar-refractivity contribution < 1.29 is 17.9 Å². The Bertz CT molecular complexity index is 834. The van der Waals surface area contributed by atoms with Crippen LogP contribution in [0.2, 0.25) is 0 Å². The smallest absolute Gasteiger partial charge is 0.416 e. The molecule has 6 heteroatoms. The summed E-state index contributed by atoms with van der Waals surface area (Å²) < 4.78 is 43.3. The van der Waals surface area contributed by atoms with Gasteiger partial charge in [-0.15, -0.1) is 0 Å². The van der Waals surface area contributed by atoms with E-state index in [2.05, 4.69) is 10.2 Å². The number of aryl methyl sites for hydroxylation is 1. The number of hydrogen-bond acceptors (Lipinski definition) is 2. The zero-order chi connectivity index (χ0) is 17.3. The van der Waals surface area contributed by atoms with Gasteiger partial charge in [-0.05, 0) is 36.8 Å². The van der Waals surface area contributed by atoms with E-state index >= 15 is 0 Å². The first-order valence-corrected chi connectivity index (χ1v) is 7.27. The van der Waals surface area contributed by atoms with Gasteiger partial charge >= 0.3 is 6.18 Å². The summed E-state index contributed by atoms with van der Waals surface area (Å²) >= 11 is 0.